The molecule has 26 heavy (non-hydrogen) atoms. The zero-order valence-corrected chi connectivity index (χ0v) is 15.6. The summed E-state index contributed by atoms with van der Waals surface area (Å²) in [4.78, 5) is 12.3. The topological polar surface area (TPSA) is 50.4 Å². The zero-order chi connectivity index (χ0) is 18.4. The Morgan fingerprint density at radius 3 is 2.92 bits per heavy atom. The lowest BCUT2D eigenvalue weighted by Crippen LogP contribution is -2.50. The van der Waals surface area contributed by atoms with Crippen LogP contribution in [0.5, 0.6) is 0 Å². The van der Waals surface area contributed by atoms with E-state index in [1.165, 1.54) is 12.5 Å². The van der Waals surface area contributed by atoms with Gasteiger partial charge in [-0.25, -0.2) is 8.78 Å². The molecular weight excluding hydrogens is 358 g/mol. The summed E-state index contributed by atoms with van der Waals surface area (Å²) in [6.07, 6.45) is 4.43. The Kier molecular flexibility index (Phi) is 7.28. The number of hydrogen-bond acceptors (Lipinski definition) is 4. The summed E-state index contributed by atoms with van der Waals surface area (Å²) in [7, 11) is 0. The summed E-state index contributed by atoms with van der Waals surface area (Å²) >= 11 is 1.59. The standard InChI is InChI=1S/C19H26F2N2O2S/c20-16-5-4-13(9-17(16)21)15-6-7-22-10-18(15)23-19(24)12-26-11-14-3-1-2-8-25-14/h4-5,9,14-15,18,22H,1-3,6-8,10-12H2,(H,23,24). The average molecular weight is 384 g/mol. The number of carbonyl (C=O) groups is 1. The normalized spacial score (nSPS) is 26.5. The lowest BCUT2D eigenvalue weighted by Gasteiger charge is -2.33. The summed E-state index contributed by atoms with van der Waals surface area (Å²) in [6, 6.07) is 3.90. The highest BCUT2D eigenvalue weighted by atomic mass is 32.2. The molecule has 1 aromatic carbocycles. The maximum Gasteiger partial charge on any atom is 0.230 e. The van der Waals surface area contributed by atoms with Crippen LogP contribution in [0.15, 0.2) is 18.2 Å². The molecule has 2 saturated heterocycles. The van der Waals surface area contributed by atoms with Gasteiger partial charge in [0, 0.05) is 30.9 Å². The van der Waals surface area contributed by atoms with Crippen LogP contribution in [0.3, 0.4) is 0 Å². The third-order valence-corrected chi connectivity index (χ3v) is 6.08. The summed E-state index contributed by atoms with van der Waals surface area (Å²) in [5, 5.41) is 6.32. The Bertz CT molecular complexity index is 611. The van der Waals surface area contributed by atoms with E-state index in [2.05, 4.69) is 10.6 Å². The molecule has 2 heterocycles. The maximum absolute atomic E-state index is 13.6. The Morgan fingerprint density at radius 2 is 2.15 bits per heavy atom. The van der Waals surface area contributed by atoms with Gasteiger partial charge in [-0.3, -0.25) is 4.79 Å². The van der Waals surface area contributed by atoms with Crippen LogP contribution < -0.4 is 10.6 Å². The van der Waals surface area contributed by atoms with E-state index < -0.39 is 11.6 Å². The van der Waals surface area contributed by atoms with Crippen LogP contribution in [-0.2, 0) is 9.53 Å². The fourth-order valence-corrected chi connectivity index (χ4v) is 4.53. The number of ether oxygens (including phenoxy) is 1. The summed E-state index contributed by atoms with van der Waals surface area (Å²) in [5.41, 5.74) is 0.735. The predicted octanol–water partition coefficient (Wildman–Crippen LogP) is 2.83. The predicted molar refractivity (Wildman–Crippen MR) is 99.4 cm³/mol. The Labute approximate surface area is 157 Å². The number of carbonyl (C=O) groups excluding carboxylic acids is 1. The smallest absolute Gasteiger partial charge is 0.230 e. The van der Waals surface area contributed by atoms with E-state index in [9.17, 15) is 13.6 Å². The van der Waals surface area contributed by atoms with E-state index in [1.54, 1.807) is 17.8 Å². The van der Waals surface area contributed by atoms with Gasteiger partial charge in [0.05, 0.1) is 11.9 Å². The molecule has 3 atom stereocenters. The second-order valence-electron chi connectivity index (χ2n) is 6.95. The third-order valence-electron chi connectivity index (χ3n) is 5.01. The number of piperidine rings is 1. The molecule has 144 valence electrons. The second-order valence-corrected chi connectivity index (χ2v) is 7.98. The van der Waals surface area contributed by atoms with Crippen molar-refractivity contribution >= 4 is 17.7 Å². The molecule has 1 amide bonds. The zero-order valence-electron chi connectivity index (χ0n) is 14.8. The molecule has 1 aromatic rings. The van der Waals surface area contributed by atoms with Crippen molar-refractivity contribution in [3.05, 3.63) is 35.4 Å². The van der Waals surface area contributed by atoms with Gasteiger partial charge in [-0.2, -0.15) is 0 Å². The van der Waals surface area contributed by atoms with E-state index in [0.717, 1.165) is 49.8 Å². The number of thioether (sulfide) groups is 1. The van der Waals surface area contributed by atoms with E-state index in [-0.39, 0.29) is 24.0 Å². The first-order valence-electron chi connectivity index (χ1n) is 9.28. The van der Waals surface area contributed by atoms with Crippen LogP contribution in [0.4, 0.5) is 8.78 Å². The number of hydrogen-bond donors (Lipinski definition) is 2. The highest BCUT2D eigenvalue weighted by Gasteiger charge is 2.28. The van der Waals surface area contributed by atoms with Crippen molar-refractivity contribution < 1.29 is 18.3 Å². The average Bonchev–Trinajstić information content (AvgIpc) is 2.65. The Morgan fingerprint density at radius 1 is 1.27 bits per heavy atom. The molecule has 2 fully saturated rings. The van der Waals surface area contributed by atoms with Crippen LogP contribution >= 0.6 is 11.8 Å². The van der Waals surface area contributed by atoms with Crippen molar-refractivity contribution in [3.63, 3.8) is 0 Å². The van der Waals surface area contributed by atoms with Crippen LogP contribution in [0.2, 0.25) is 0 Å². The minimum absolute atomic E-state index is 0.0121. The molecule has 3 unspecified atom stereocenters. The molecule has 2 aliphatic heterocycles. The highest BCUT2D eigenvalue weighted by Crippen LogP contribution is 2.27. The number of rotatable bonds is 6. The van der Waals surface area contributed by atoms with Gasteiger partial charge in [0.1, 0.15) is 0 Å². The highest BCUT2D eigenvalue weighted by molar-refractivity contribution is 7.99. The van der Waals surface area contributed by atoms with Gasteiger partial charge < -0.3 is 15.4 Å². The first kappa shape index (κ1) is 19.6. The van der Waals surface area contributed by atoms with E-state index >= 15 is 0 Å². The SMILES string of the molecule is O=C(CSCC1CCCCO1)NC1CNCCC1c1ccc(F)c(F)c1. The molecule has 0 spiro atoms. The molecule has 0 aromatic heterocycles. The van der Waals surface area contributed by atoms with Gasteiger partial charge in [0.25, 0.3) is 0 Å². The minimum atomic E-state index is -0.843. The molecule has 7 heteroatoms. The van der Waals surface area contributed by atoms with E-state index in [1.807, 2.05) is 0 Å². The van der Waals surface area contributed by atoms with E-state index in [4.69, 9.17) is 4.74 Å². The van der Waals surface area contributed by atoms with Crippen LogP contribution in [0.25, 0.3) is 0 Å². The van der Waals surface area contributed by atoms with Crippen LogP contribution in [-0.4, -0.2) is 49.3 Å². The fraction of sp³-hybridized carbons (Fsp3) is 0.632. The molecule has 2 aliphatic rings. The monoisotopic (exact) mass is 384 g/mol. The number of amides is 1. The molecular formula is C19H26F2N2O2S. The lowest BCUT2D eigenvalue weighted by atomic mass is 9.86. The summed E-state index contributed by atoms with van der Waals surface area (Å²) in [5.74, 6) is -0.489. The van der Waals surface area contributed by atoms with Gasteiger partial charge in [-0.1, -0.05) is 6.07 Å². The van der Waals surface area contributed by atoms with Gasteiger partial charge in [0.15, 0.2) is 11.6 Å². The lowest BCUT2D eigenvalue weighted by molar-refractivity contribution is -0.119. The molecule has 0 radical (unpaired) electrons. The number of nitrogens with one attached hydrogen (secondary N) is 2. The Hall–Kier alpha value is -1.18. The number of halogens is 2. The molecule has 2 N–H and O–H groups in total. The van der Waals surface area contributed by atoms with Crippen LogP contribution in [0.1, 0.15) is 37.2 Å². The molecule has 0 aliphatic carbocycles. The summed E-state index contributed by atoms with van der Waals surface area (Å²) in [6.45, 7) is 2.25. The molecule has 0 bridgehead atoms. The number of benzene rings is 1. The van der Waals surface area contributed by atoms with Crippen molar-refractivity contribution in [1.29, 1.82) is 0 Å². The summed E-state index contributed by atoms with van der Waals surface area (Å²) < 4.78 is 32.4. The van der Waals surface area contributed by atoms with Gasteiger partial charge in [0.2, 0.25) is 5.91 Å². The van der Waals surface area contributed by atoms with Crippen molar-refractivity contribution in [1.82, 2.24) is 10.6 Å². The largest absolute Gasteiger partial charge is 0.377 e. The van der Waals surface area contributed by atoms with Crippen LogP contribution in [0, 0.1) is 11.6 Å². The molecule has 4 nitrogen and oxygen atoms in total. The van der Waals surface area contributed by atoms with Crippen molar-refractivity contribution in [2.75, 3.05) is 31.2 Å². The minimum Gasteiger partial charge on any atom is -0.377 e. The third kappa shape index (κ3) is 5.41. The molecule has 3 rings (SSSR count). The van der Waals surface area contributed by atoms with E-state index in [0.29, 0.717) is 12.3 Å². The first-order valence-corrected chi connectivity index (χ1v) is 10.4. The quantitative estimate of drug-likeness (QED) is 0.792. The second kappa shape index (κ2) is 9.67. The Balaban J connectivity index is 1.50. The fourth-order valence-electron chi connectivity index (χ4n) is 3.62. The molecule has 0 saturated carbocycles. The van der Waals surface area contributed by atoms with Gasteiger partial charge >= 0.3 is 0 Å². The van der Waals surface area contributed by atoms with Crippen molar-refractivity contribution in [2.24, 2.45) is 0 Å². The van der Waals surface area contributed by atoms with Crippen molar-refractivity contribution in [2.45, 2.75) is 43.7 Å². The maximum atomic E-state index is 13.6. The van der Waals surface area contributed by atoms with Gasteiger partial charge in [-0.15, -0.1) is 11.8 Å². The van der Waals surface area contributed by atoms with Gasteiger partial charge in [-0.05, 0) is 49.9 Å². The van der Waals surface area contributed by atoms with Crippen molar-refractivity contribution in [3.8, 4) is 0 Å². The first-order chi connectivity index (χ1) is 12.6.